The summed E-state index contributed by atoms with van der Waals surface area (Å²) in [6.07, 6.45) is 3.71. The van der Waals surface area contributed by atoms with Crippen molar-refractivity contribution in [1.29, 1.82) is 0 Å². The van der Waals surface area contributed by atoms with Gasteiger partial charge in [0.15, 0.2) is 5.65 Å². The molecule has 2 heterocycles. The van der Waals surface area contributed by atoms with Gasteiger partial charge in [-0.3, -0.25) is 0 Å². The molecule has 0 radical (unpaired) electrons. The molecule has 2 aromatic heterocycles. The number of hydrogen-bond donors (Lipinski definition) is 0. The van der Waals surface area contributed by atoms with Crippen molar-refractivity contribution in [2.75, 3.05) is 7.11 Å². The minimum Gasteiger partial charge on any atom is -0.377 e. The van der Waals surface area contributed by atoms with Gasteiger partial charge in [0.2, 0.25) is 0 Å². The molecule has 3 aromatic rings. The van der Waals surface area contributed by atoms with Crippen molar-refractivity contribution in [3.05, 3.63) is 54.4 Å². The van der Waals surface area contributed by atoms with Crippen LogP contribution in [0.4, 0.5) is 0 Å². The average Bonchev–Trinajstić information content (AvgIpc) is 2.90. The van der Waals surface area contributed by atoms with Crippen molar-refractivity contribution in [2.24, 2.45) is 0 Å². The van der Waals surface area contributed by atoms with Crippen molar-refractivity contribution < 1.29 is 4.74 Å². The van der Waals surface area contributed by atoms with Crippen molar-refractivity contribution in [1.82, 2.24) is 14.6 Å². The van der Waals surface area contributed by atoms with E-state index in [4.69, 9.17) is 4.74 Å². The van der Waals surface area contributed by atoms with E-state index in [0.29, 0.717) is 0 Å². The van der Waals surface area contributed by atoms with Crippen LogP contribution in [0.3, 0.4) is 0 Å². The minimum atomic E-state index is 0.106. The highest BCUT2D eigenvalue weighted by Gasteiger charge is 2.08. The van der Waals surface area contributed by atoms with E-state index >= 15 is 0 Å². The summed E-state index contributed by atoms with van der Waals surface area (Å²) in [5.41, 5.74) is 4.10. The van der Waals surface area contributed by atoms with Gasteiger partial charge in [-0.1, -0.05) is 24.3 Å². The Morgan fingerprint density at radius 3 is 2.68 bits per heavy atom. The summed E-state index contributed by atoms with van der Waals surface area (Å²) in [6.45, 7) is 2.03. The second-order valence-electron chi connectivity index (χ2n) is 4.44. The quantitative estimate of drug-likeness (QED) is 0.720. The highest BCUT2D eigenvalue weighted by molar-refractivity contribution is 5.63. The largest absolute Gasteiger partial charge is 0.377 e. The molecule has 0 saturated carbocycles. The first kappa shape index (κ1) is 11.9. The molecule has 4 heteroatoms. The second-order valence-corrected chi connectivity index (χ2v) is 4.44. The Kier molecular flexibility index (Phi) is 3.01. The van der Waals surface area contributed by atoms with E-state index in [-0.39, 0.29) is 6.10 Å². The fourth-order valence-corrected chi connectivity index (χ4v) is 2.09. The Hall–Kier alpha value is -2.20. The van der Waals surface area contributed by atoms with E-state index in [1.54, 1.807) is 13.3 Å². The zero-order valence-corrected chi connectivity index (χ0v) is 10.9. The van der Waals surface area contributed by atoms with Crippen molar-refractivity contribution >= 4 is 5.65 Å². The molecular formula is C15H15N3O. The number of nitrogens with zero attached hydrogens (tertiary/aromatic N) is 3. The van der Waals surface area contributed by atoms with Crippen LogP contribution in [0.1, 0.15) is 18.6 Å². The molecule has 19 heavy (non-hydrogen) atoms. The molecule has 4 nitrogen and oxygen atoms in total. The molecule has 0 aliphatic carbocycles. The highest BCUT2D eigenvalue weighted by atomic mass is 16.5. The molecule has 0 fully saturated rings. The first-order chi connectivity index (χ1) is 9.29. The minimum absolute atomic E-state index is 0.106. The number of rotatable bonds is 3. The van der Waals surface area contributed by atoms with Gasteiger partial charge in [-0.2, -0.15) is 5.10 Å². The van der Waals surface area contributed by atoms with E-state index in [9.17, 15) is 0 Å². The lowest BCUT2D eigenvalue weighted by atomic mass is 10.1. The summed E-state index contributed by atoms with van der Waals surface area (Å²) in [4.78, 5) is 4.34. The number of ether oxygens (including phenoxy) is 1. The monoisotopic (exact) mass is 253 g/mol. The molecule has 1 aromatic carbocycles. The summed E-state index contributed by atoms with van der Waals surface area (Å²) in [6, 6.07) is 12.1. The molecular weight excluding hydrogens is 238 g/mol. The van der Waals surface area contributed by atoms with E-state index in [1.807, 2.05) is 29.8 Å². The third-order valence-corrected chi connectivity index (χ3v) is 3.31. The number of methoxy groups -OCH3 is 1. The lowest BCUT2D eigenvalue weighted by Crippen LogP contribution is -1.96. The van der Waals surface area contributed by atoms with Gasteiger partial charge in [0, 0.05) is 18.9 Å². The topological polar surface area (TPSA) is 39.4 Å². The average molecular weight is 253 g/mol. The van der Waals surface area contributed by atoms with Gasteiger partial charge in [0.05, 0.1) is 18.0 Å². The molecule has 0 bridgehead atoms. The van der Waals surface area contributed by atoms with Gasteiger partial charge >= 0.3 is 0 Å². The molecule has 0 unspecified atom stereocenters. The van der Waals surface area contributed by atoms with Crippen molar-refractivity contribution in [3.8, 4) is 11.3 Å². The third-order valence-electron chi connectivity index (χ3n) is 3.31. The summed E-state index contributed by atoms with van der Waals surface area (Å²) in [5.74, 6) is 0. The van der Waals surface area contributed by atoms with Gasteiger partial charge in [0.1, 0.15) is 0 Å². The van der Waals surface area contributed by atoms with Gasteiger partial charge in [-0.15, -0.1) is 0 Å². The van der Waals surface area contributed by atoms with Crippen molar-refractivity contribution in [3.63, 3.8) is 0 Å². The van der Waals surface area contributed by atoms with Crippen LogP contribution in [0.25, 0.3) is 16.9 Å². The molecule has 0 saturated heterocycles. The molecule has 0 aliphatic rings. The fraction of sp³-hybridized carbons (Fsp3) is 0.200. The standard InChI is InChI=1S/C15H15N3O/c1-11(19-2)12-5-7-13(8-6-12)14-10-16-15-4-3-9-17-18(14)15/h3-11H,1-2H3/t11-/m0/s1. The molecule has 0 N–H and O–H groups in total. The lowest BCUT2D eigenvalue weighted by Gasteiger charge is -2.10. The maximum Gasteiger partial charge on any atom is 0.154 e. The Morgan fingerprint density at radius 2 is 1.95 bits per heavy atom. The number of imidazole rings is 1. The SMILES string of the molecule is CO[C@@H](C)c1ccc(-c2cnc3cccnn23)cc1. The van der Waals surface area contributed by atoms with Gasteiger partial charge in [-0.25, -0.2) is 9.50 Å². The number of aromatic nitrogens is 3. The smallest absolute Gasteiger partial charge is 0.154 e. The maximum absolute atomic E-state index is 5.31. The normalized spacial score (nSPS) is 12.7. The van der Waals surface area contributed by atoms with Crippen LogP contribution in [0, 0.1) is 0 Å². The van der Waals surface area contributed by atoms with Crippen LogP contribution in [0.15, 0.2) is 48.8 Å². The van der Waals surface area contributed by atoms with Crippen LogP contribution in [-0.2, 0) is 4.74 Å². The fourth-order valence-electron chi connectivity index (χ4n) is 2.09. The Labute approximate surface area is 111 Å². The first-order valence-electron chi connectivity index (χ1n) is 6.21. The predicted molar refractivity (Wildman–Crippen MR) is 73.8 cm³/mol. The molecule has 96 valence electrons. The Balaban J connectivity index is 2.02. The van der Waals surface area contributed by atoms with Crippen LogP contribution >= 0.6 is 0 Å². The van der Waals surface area contributed by atoms with Gasteiger partial charge in [0.25, 0.3) is 0 Å². The van der Waals surface area contributed by atoms with E-state index in [2.05, 4.69) is 34.3 Å². The third kappa shape index (κ3) is 2.11. The van der Waals surface area contributed by atoms with Crippen LogP contribution in [-0.4, -0.2) is 21.7 Å². The molecule has 3 rings (SSSR count). The summed E-state index contributed by atoms with van der Waals surface area (Å²) >= 11 is 0. The molecule has 0 spiro atoms. The zero-order valence-electron chi connectivity index (χ0n) is 10.9. The van der Waals surface area contributed by atoms with Crippen LogP contribution < -0.4 is 0 Å². The van der Waals surface area contributed by atoms with E-state index in [1.165, 1.54) is 0 Å². The molecule has 1 atom stereocenters. The zero-order chi connectivity index (χ0) is 13.2. The second kappa shape index (κ2) is 4.82. The van der Waals surface area contributed by atoms with Gasteiger partial charge in [-0.05, 0) is 24.6 Å². The first-order valence-corrected chi connectivity index (χ1v) is 6.21. The summed E-state index contributed by atoms with van der Waals surface area (Å²) in [5, 5.41) is 4.32. The van der Waals surface area contributed by atoms with E-state index in [0.717, 1.165) is 22.5 Å². The number of benzene rings is 1. The summed E-state index contributed by atoms with van der Waals surface area (Å²) in [7, 11) is 1.72. The number of fused-ring (bicyclic) bond motifs is 1. The maximum atomic E-state index is 5.31. The summed E-state index contributed by atoms with van der Waals surface area (Å²) < 4.78 is 7.15. The molecule has 0 amide bonds. The van der Waals surface area contributed by atoms with Crippen LogP contribution in [0.2, 0.25) is 0 Å². The highest BCUT2D eigenvalue weighted by Crippen LogP contribution is 2.23. The number of hydrogen-bond acceptors (Lipinski definition) is 3. The van der Waals surface area contributed by atoms with Crippen LogP contribution in [0.5, 0.6) is 0 Å². The van der Waals surface area contributed by atoms with Crippen molar-refractivity contribution in [2.45, 2.75) is 13.0 Å². The van der Waals surface area contributed by atoms with E-state index < -0.39 is 0 Å². The predicted octanol–water partition coefficient (Wildman–Crippen LogP) is 3.10. The molecule has 0 aliphatic heterocycles. The Morgan fingerprint density at radius 1 is 1.16 bits per heavy atom. The van der Waals surface area contributed by atoms with Gasteiger partial charge < -0.3 is 4.74 Å². The lowest BCUT2D eigenvalue weighted by molar-refractivity contribution is 0.119. The Bertz CT molecular complexity index is 688.